The van der Waals surface area contributed by atoms with Gasteiger partial charge in [0.05, 0.1) is 26.2 Å². The van der Waals surface area contributed by atoms with E-state index in [0.29, 0.717) is 24.6 Å². The van der Waals surface area contributed by atoms with Crippen LogP contribution >= 0.6 is 0 Å². The van der Waals surface area contributed by atoms with E-state index in [2.05, 4.69) is 17.4 Å². The van der Waals surface area contributed by atoms with Gasteiger partial charge in [0.1, 0.15) is 11.5 Å². The summed E-state index contributed by atoms with van der Waals surface area (Å²) in [7, 11) is 3.19. The lowest BCUT2D eigenvalue weighted by Gasteiger charge is -2.20. The number of amides is 2. The van der Waals surface area contributed by atoms with E-state index in [1.54, 1.807) is 25.2 Å². The molecule has 0 aromatic heterocycles. The van der Waals surface area contributed by atoms with Gasteiger partial charge in [-0.25, -0.2) is 0 Å². The van der Waals surface area contributed by atoms with Crippen molar-refractivity contribution in [2.24, 2.45) is 5.92 Å². The average Bonchev–Trinajstić information content (AvgIpc) is 3.13. The van der Waals surface area contributed by atoms with E-state index in [1.807, 2.05) is 37.3 Å². The zero-order chi connectivity index (χ0) is 20.8. The van der Waals surface area contributed by atoms with E-state index in [4.69, 9.17) is 9.47 Å². The normalized spacial score (nSPS) is 17.1. The van der Waals surface area contributed by atoms with Crippen molar-refractivity contribution in [3.63, 3.8) is 0 Å². The molecule has 0 saturated carbocycles. The molecule has 1 N–H and O–H groups in total. The number of likely N-dealkylation sites (tertiary alicyclic amines) is 1. The van der Waals surface area contributed by atoms with Crippen LogP contribution in [0.5, 0.6) is 11.5 Å². The summed E-state index contributed by atoms with van der Waals surface area (Å²) in [5, 5.41) is 3.03. The van der Waals surface area contributed by atoms with Crippen LogP contribution in [0, 0.1) is 5.92 Å². The lowest BCUT2D eigenvalue weighted by Crippen LogP contribution is -2.35. The first-order valence-corrected chi connectivity index (χ1v) is 9.85. The Labute approximate surface area is 171 Å². The minimum absolute atomic E-state index is 0.0377. The minimum atomic E-state index is -0.329. The second kappa shape index (κ2) is 9.45. The van der Waals surface area contributed by atoms with Crippen molar-refractivity contribution in [3.8, 4) is 11.5 Å². The van der Waals surface area contributed by atoms with E-state index in [9.17, 15) is 9.59 Å². The highest BCUT2D eigenvalue weighted by Crippen LogP contribution is 2.30. The van der Waals surface area contributed by atoms with Gasteiger partial charge in [-0.3, -0.25) is 9.59 Å². The van der Waals surface area contributed by atoms with Gasteiger partial charge >= 0.3 is 0 Å². The predicted octanol–water partition coefficient (Wildman–Crippen LogP) is 2.97. The molecule has 1 aliphatic rings. The molecule has 1 saturated heterocycles. The van der Waals surface area contributed by atoms with E-state index in [1.165, 1.54) is 5.56 Å². The third-order valence-corrected chi connectivity index (χ3v) is 5.36. The smallest absolute Gasteiger partial charge is 0.225 e. The Morgan fingerprint density at radius 1 is 1.17 bits per heavy atom. The molecule has 0 bridgehead atoms. The van der Waals surface area contributed by atoms with Crippen LogP contribution in [0.25, 0.3) is 0 Å². The fourth-order valence-corrected chi connectivity index (χ4v) is 3.66. The van der Waals surface area contributed by atoms with Gasteiger partial charge in [0.25, 0.3) is 0 Å². The Balaban J connectivity index is 1.57. The number of ether oxygens (including phenoxy) is 2. The van der Waals surface area contributed by atoms with Crippen molar-refractivity contribution < 1.29 is 19.1 Å². The Hall–Kier alpha value is -3.02. The van der Waals surface area contributed by atoms with Gasteiger partial charge in [0.2, 0.25) is 11.8 Å². The average molecular weight is 396 g/mol. The van der Waals surface area contributed by atoms with Gasteiger partial charge in [-0.1, -0.05) is 30.3 Å². The number of nitrogens with zero attached hydrogens (tertiary/aromatic N) is 1. The fraction of sp³-hybridized carbons (Fsp3) is 0.391. The molecule has 1 aliphatic heterocycles. The summed E-state index contributed by atoms with van der Waals surface area (Å²) >= 11 is 0. The van der Waals surface area contributed by atoms with E-state index < -0.39 is 0 Å². The Bertz CT molecular complexity index is 853. The summed E-state index contributed by atoms with van der Waals surface area (Å²) < 4.78 is 10.7. The van der Waals surface area contributed by atoms with Gasteiger partial charge in [0.15, 0.2) is 0 Å². The van der Waals surface area contributed by atoms with Gasteiger partial charge in [0, 0.05) is 31.1 Å². The van der Waals surface area contributed by atoms with Crippen LogP contribution < -0.4 is 14.8 Å². The quantitative estimate of drug-likeness (QED) is 0.745. The second-order valence-electron chi connectivity index (χ2n) is 7.31. The fourth-order valence-electron chi connectivity index (χ4n) is 3.66. The molecule has 0 spiro atoms. The number of hydrogen-bond acceptors (Lipinski definition) is 4. The first kappa shape index (κ1) is 20.7. The van der Waals surface area contributed by atoms with Crippen molar-refractivity contribution in [3.05, 3.63) is 59.7 Å². The van der Waals surface area contributed by atoms with Gasteiger partial charge in [-0.15, -0.1) is 0 Å². The van der Waals surface area contributed by atoms with Crippen LogP contribution in [-0.2, 0) is 16.0 Å². The number of rotatable bonds is 8. The van der Waals surface area contributed by atoms with Crippen molar-refractivity contribution in [1.29, 1.82) is 0 Å². The summed E-state index contributed by atoms with van der Waals surface area (Å²) in [4.78, 5) is 26.9. The zero-order valence-electron chi connectivity index (χ0n) is 17.2. The Morgan fingerprint density at radius 3 is 2.62 bits per heavy atom. The number of nitrogens with one attached hydrogen (secondary N) is 1. The molecule has 154 valence electrons. The van der Waals surface area contributed by atoms with Crippen LogP contribution in [0.2, 0.25) is 0 Å². The maximum atomic E-state index is 12.8. The summed E-state index contributed by atoms with van der Waals surface area (Å²) in [5.41, 5.74) is 2.06. The van der Waals surface area contributed by atoms with E-state index in [-0.39, 0.29) is 30.2 Å². The van der Waals surface area contributed by atoms with Gasteiger partial charge < -0.3 is 19.7 Å². The van der Waals surface area contributed by atoms with Crippen molar-refractivity contribution >= 4 is 11.8 Å². The molecule has 3 rings (SSSR count). The van der Waals surface area contributed by atoms with Crippen LogP contribution in [0.4, 0.5) is 0 Å². The van der Waals surface area contributed by atoms with Crippen LogP contribution in [-0.4, -0.2) is 44.0 Å². The molecule has 1 heterocycles. The Kier molecular flexibility index (Phi) is 6.75. The SMILES string of the molecule is COc1ccc(C(C)NC(=O)C2CC(=O)N(CCc3ccccc3)C2)c(OC)c1. The second-order valence-corrected chi connectivity index (χ2v) is 7.31. The zero-order valence-corrected chi connectivity index (χ0v) is 17.2. The van der Waals surface area contributed by atoms with Gasteiger partial charge in [-0.2, -0.15) is 0 Å². The maximum absolute atomic E-state index is 12.8. The minimum Gasteiger partial charge on any atom is -0.497 e. The number of carbonyl (C=O) groups excluding carboxylic acids is 2. The molecular weight excluding hydrogens is 368 g/mol. The van der Waals surface area contributed by atoms with E-state index >= 15 is 0 Å². The molecule has 6 heteroatoms. The number of carbonyl (C=O) groups is 2. The molecule has 2 atom stereocenters. The van der Waals surface area contributed by atoms with Crippen LogP contribution in [0.1, 0.15) is 30.5 Å². The molecule has 2 aromatic rings. The molecule has 1 fully saturated rings. The standard InChI is InChI=1S/C23H28N2O4/c1-16(20-10-9-19(28-2)14-21(20)29-3)24-23(27)18-13-22(26)25(15-18)12-11-17-7-5-4-6-8-17/h4-10,14,16,18H,11-13,15H2,1-3H3,(H,24,27). The number of hydrogen-bond donors (Lipinski definition) is 1. The summed E-state index contributed by atoms with van der Waals surface area (Å²) in [6, 6.07) is 15.3. The predicted molar refractivity (Wildman–Crippen MR) is 111 cm³/mol. The van der Waals surface area contributed by atoms with Crippen molar-refractivity contribution in [1.82, 2.24) is 10.2 Å². The third-order valence-electron chi connectivity index (χ3n) is 5.36. The highest BCUT2D eigenvalue weighted by atomic mass is 16.5. The molecule has 2 amide bonds. The molecule has 6 nitrogen and oxygen atoms in total. The van der Waals surface area contributed by atoms with Crippen LogP contribution in [0.3, 0.4) is 0 Å². The summed E-state index contributed by atoms with van der Waals surface area (Å²) in [5.74, 6) is 0.954. The molecule has 0 radical (unpaired) electrons. The summed E-state index contributed by atoms with van der Waals surface area (Å²) in [6.45, 7) is 3.00. The Morgan fingerprint density at radius 2 is 1.93 bits per heavy atom. The molecule has 0 aliphatic carbocycles. The largest absolute Gasteiger partial charge is 0.497 e. The van der Waals surface area contributed by atoms with Crippen molar-refractivity contribution in [2.45, 2.75) is 25.8 Å². The van der Waals surface area contributed by atoms with E-state index in [0.717, 1.165) is 12.0 Å². The number of benzene rings is 2. The van der Waals surface area contributed by atoms with Crippen molar-refractivity contribution in [2.75, 3.05) is 27.3 Å². The maximum Gasteiger partial charge on any atom is 0.225 e. The third kappa shape index (κ3) is 5.08. The molecule has 29 heavy (non-hydrogen) atoms. The number of methoxy groups -OCH3 is 2. The lowest BCUT2D eigenvalue weighted by molar-refractivity contribution is -0.129. The first-order valence-electron chi connectivity index (χ1n) is 9.85. The molecule has 2 unspecified atom stereocenters. The molecular formula is C23H28N2O4. The summed E-state index contributed by atoms with van der Waals surface area (Å²) in [6.07, 6.45) is 1.05. The first-order chi connectivity index (χ1) is 14.0. The monoisotopic (exact) mass is 396 g/mol. The highest BCUT2D eigenvalue weighted by Gasteiger charge is 2.34. The van der Waals surface area contributed by atoms with Crippen LogP contribution in [0.15, 0.2) is 48.5 Å². The lowest BCUT2D eigenvalue weighted by atomic mass is 10.0. The van der Waals surface area contributed by atoms with Gasteiger partial charge in [-0.05, 0) is 31.0 Å². The highest BCUT2D eigenvalue weighted by molar-refractivity contribution is 5.89. The molecule has 2 aromatic carbocycles. The topological polar surface area (TPSA) is 67.9 Å².